The lowest BCUT2D eigenvalue weighted by Crippen LogP contribution is -2.45. The zero-order chi connectivity index (χ0) is 25.9. The highest BCUT2D eigenvalue weighted by atomic mass is 32.1. The molecule has 0 radical (unpaired) electrons. The zero-order valence-corrected chi connectivity index (χ0v) is 21.8. The Kier molecular flexibility index (Phi) is 7.45. The van der Waals surface area contributed by atoms with E-state index in [-0.39, 0.29) is 24.1 Å². The second-order valence-corrected chi connectivity index (χ2v) is 10.3. The Morgan fingerprint density at radius 2 is 1.81 bits per heavy atom. The molecular weight excluding hydrogens is 490 g/mol. The molecule has 1 amide bonds. The monoisotopic (exact) mass is 521 g/mol. The van der Waals surface area contributed by atoms with Gasteiger partial charge in [-0.25, -0.2) is 0 Å². The molecule has 1 saturated heterocycles. The summed E-state index contributed by atoms with van der Waals surface area (Å²) in [7, 11) is 3.13. The van der Waals surface area contributed by atoms with Gasteiger partial charge >= 0.3 is 0 Å². The van der Waals surface area contributed by atoms with Gasteiger partial charge in [0.2, 0.25) is 0 Å². The van der Waals surface area contributed by atoms with E-state index in [0.717, 1.165) is 52.8 Å². The van der Waals surface area contributed by atoms with Crippen LogP contribution in [0.4, 0.5) is 0 Å². The minimum Gasteiger partial charge on any atom is -0.497 e. The number of amides is 1. The third-order valence-electron chi connectivity index (χ3n) is 7.01. The number of fused-ring (bicyclic) bond motifs is 3. The average Bonchev–Trinajstić information content (AvgIpc) is 3.33. The van der Waals surface area contributed by atoms with Crippen molar-refractivity contribution in [2.24, 2.45) is 0 Å². The van der Waals surface area contributed by atoms with Crippen LogP contribution in [0.15, 0.2) is 53.3 Å². The van der Waals surface area contributed by atoms with Crippen molar-refractivity contribution in [1.82, 2.24) is 14.8 Å². The second-order valence-electron chi connectivity index (χ2n) is 9.24. The van der Waals surface area contributed by atoms with Crippen LogP contribution in [0.5, 0.6) is 11.5 Å². The van der Waals surface area contributed by atoms with E-state index in [9.17, 15) is 14.7 Å². The minimum atomic E-state index is -0.219. The summed E-state index contributed by atoms with van der Waals surface area (Å²) in [5.74, 6) is 0.865. The Morgan fingerprint density at radius 1 is 1.08 bits per heavy atom. The first-order chi connectivity index (χ1) is 18.0. The number of thiophene rings is 1. The highest BCUT2D eigenvalue weighted by Gasteiger charge is 2.27. The predicted molar refractivity (Wildman–Crippen MR) is 146 cm³/mol. The number of piperidine rings is 1. The molecular formula is C28H31N3O5S. The lowest BCUT2D eigenvalue weighted by molar-refractivity contribution is 0.0904. The van der Waals surface area contributed by atoms with E-state index in [1.165, 1.54) is 18.4 Å². The number of aliphatic hydroxyl groups excluding tert-OH is 1. The van der Waals surface area contributed by atoms with Crippen LogP contribution in [-0.4, -0.2) is 67.0 Å². The van der Waals surface area contributed by atoms with Gasteiger partial charge in [0, 0.05) is 31.1 Å². The van der Waals surface area contributed by atoms with Crippen molar-refractivity contribution in [1.29, 1.82) is 0 Å². The number of benzene rings is 2. The van der Waals surface area contributed by atoms with Crippen molar-refractivity contribution in [2.45, 2.75) is 25.4 Å². The highest BCUT2D eigenvalue weighted by Crippen LogP contribution is 2.39. The molecule has 8 nitrogen and oxygen atoms in total. The number of para-hydroxylation sites is 1. The number of hydrogen-bond donors (Lipinski definition) is 2. The van der Waals surface area contributed by atoms with E-state index >= 15 is 0 Å². The second kappa shape index (κ2) is 10.9. The summed E-state index contributed by atoms with van der Waals surface area (Å²) in [5, 5.41) is 13.7. The Bertz CT molecular complexity index is 1470. The molecule has 9 heteroatoms. The number of rotatable bonds is 8. The highest BCUT2D eigenvalue weighted by molar-refractivity contribution is 7.22. The fourth-order valence-electron chi connectivity index (χ4n) is 5.05. The Balaban J connectivity index is 1.53. The number of methoxy groups -OCH3 is 2. The molecule has 2 aromatic carbocycles. The van der Waals surface area contributed by atoms with Crippen LogP contribution >= 0.6 is 11.3 Å². The zero-order valence-electron chi connectivity index (χ0n) is 21.0. The van der Waals surface area contributed by atoms with Crippen LogP contribution in [0, 0.1) is 0 Å². The number of hydrogen-bond acceptors (Lipinski definition) is 7. The molecule has 2 N–H and O–H groups in total. The van der Waals surface area contributed by atoms with Gasteiger partial charge in [-0.05, 0) is 36.6 Å². The van der Waals surface area contributed by atoms with E-state index in [1.807, 2.05) is 48.5 Å². The van der Waals surface area contributed by atoms with Gasteiger partial charge in [-0.2, -0.15) is 0 Å². The van der Waals surface area contributed by atoms with Crippen LogP contribution in [-0.2, 0) is 6.54 Å². The maximum absolute atomic E-state index is 13.9. The number of aliphatic hydroxyl groups is 1. The SMILES string of the molecule is COc1ccc(Cn2c(=O)c3c(OC)c(C(=O)NC4CCN(CCO)CC4)sc3c3ccccc32)cc1. The smallest absolute Gasteiger partial charge is 0.265 e. The molecule has 0 bridgehead atoms. The normalized spacial score (nSPS) is 14.8. The molecule has 1 fully saturated rings. The van der Waals surface area contributed by atoms with Gasteiger partial charge < -0.3 is 29.4 Å². The fraction of sp³-hybridized carbons (Fsp3) is 0.357. The van der Waals surface area contributed by atoms with E-state index in [0.29, 0.717) is 29.1 Å². The number of ether oxygens (including phenoxy) is 2. The number of nitrogens with zero attached hydrogens (tertiary/aromatic N) is 2. The van der Waals surface area contributed by atoms with Crippen molar-refractivity contribution >= 4 is 38.2 Å². The number of likely N-dealkylation sites (tertiary alicyclic amines) is 1. The van der Waals surface area contributed by atoms with Crippen molar-refractivity contribution in [3.8, 4) is 11.5 Å². The number of aromatic nitrogens is 1. The van der Waals surface area contributed by atoms with Gasteiger partial charge in [0.1, 0.15) is 16.0 Å². The van der Waals surface area contributed by atoms with Gasteiger partial charge in [0.05, 0.1) is 37.6 Å². The van der Waals surface area contributed by atoms with Crippen LogP contribution in [0.2, 0.25) is 0 Å². The summed E-state index contributed by atoms with van der Waals surface area (Å²) >= 11 is 1.31. The largest absolute Gasteiger partial charge is 0.497 e. The topological polar surface area (TPSA) is 93.0 Å². The van der Waals surface area contributed by atoms with E-state index < -0.39 is 0 Å². The molecule has 37 heavy (non-hydrogen) atoms. The van der Waals surface area contributed by atoms with Gasteiger partial charge in [0.15, 0.2) is 5.75 Å². The molecule has 5 rings (SSSR count). The molecule has 3 heterocycles. The third-order valence-corrected chi connectivity index (χ3v) is 8.22. The van der Waals surface area contributed by atoms with E-state index in [4.69, 9.17) is 9.47 Å². The first-order valence-electron chi connectivity index (χ1n) is 12.4. The first-order valence-corrected chi connectivity index (χ1v) is 13.2. The molecule has 0 saturated carbocycles. The molecule has 1 aliphatic heterocycles. The van der Waals surface area contributed by atoms with Crippen molar-refractivity contribution < 1.29 is 19.4 Å². The van der Waals surface area contributed by atoms with E-state index in [2.05, 4.69) is 10.2 Å². The summed E-state index contributed by atoms with van der Waals surface area (Å²) in [6, 6.07) is 15.5. The molecule has 0 unspecified atom stereocenters. The van der Waals surface area contributed by atoms with Gasteiger partial charge in [-0.15, -0.1) is 11.3 Å². The molecule has 0 spiro atoms. The summed E-state index contributed by atoms with van der Waals surface area (Å²) in [6.07, 6.45) is 1.63. The average molecular weight is 522 g/mol. The quantitative estimate of drug-likeness (QED) is 0.369. The van der Waals surface area contributed by atoms with Crippen LogP contribution in [0.1, 0.15) is 28.1 Å². The maximum atomic E-state index is 13.9. The molecule has 0 atom stereocenters. The predicted octanol–water partition coefficient (Wildman–Crippen LogP) is 3.47. The van der Waals surface area contributed by atoms with Crippen LogP contribution in [0.25, 0.3) is 21.0 Å². The molecule has 1 aliphatic rings. The van der Waals surface area contributed by atoms with Crippen molar-refractivity contribution in [2.75, 3.05) is 40.5 Å². The lowest BCUT2D eigenvalue weighted by atomic mass is 10.0. The molecule has 194 valence electrons. The number of nitrogens with one attached hydrogen (secondary N) is 1. The molecule has 2 aromatic heterocycles. The maximum Gasteiger partial charge on any atom is 0.265 e. The number of β-amino-alcohol motifs (C(OH)–C–C–N with tert-alkyl or cyclic N) is 1. The number of carbonyl (C=O) groups excluding carboxylic acids is 1. The van der Waals surface area contributed by atoms with Crippen molar-refractivity contribution in [3.63, 3.8) is 0 Å². The fourth-order valence-corrected chi connectivity index (χ4v) is 6.25. The van der Waals surface area contributed by atoms with E-state index in [1.54, 1.807) is 11.7 Å². The lowest BCUT2D eigenvalue weighted by Gasteiger charge is -2.31. The molecule has 4 aromatic rings. The number of carbonyl (C=O) groups is 1. The molecule has 0 aliphatic carbocycles. The van der Waals surface area contributed by atoms with Crippen LogP contribution in [0.3, 0.4) is 0 Å². The van der Waals surface area contributed by atoms with Crippen LogP contribution < -0.4 is 20.3 Å². The Morgan fingerprint density at radius 3 is 2.49 bits per heavy atom. The van der Waals surface area contributed by atoms with Gasteiger partial charge in [-0.3, -0.25) is 9.59 Å². The number of pyridine rings is 1. The minimum absolute atomic E-state index is 0.0424. The van der Waals surface area contributed by atoms with Crippen molar-refractivity contribution in [3.05, 3.63) is 69.3 Å². The Hall–Kier alpha value is -3.40. The Labute approximate surface area is 219 Å². The third kappa shape index (κ3) is 4.94. The summed E-state index contributed by atoms with van der Waals surface area (Å²) in [6.45, 7) is 2.83. The summed E-state index contributed by atoms with van der Waals surface area (Å²) in [5.41, 5.74) is 1.59. The summed E-state index contributed by atoms with van der Waals surface area (Å²) in [4.78, 5) is 29.9. The first kappa shape index (κ1) is 25.3. The summed E-state index contributed by atoms with van der Waals surface area (Å²) < 4.78 is 13.5. The van der Waals surface area contributed by atoms with Gasteiger partial charge in [-0.1, -0.05) is 30.3 Å². The van der Waals surface area contributed by atoms with Gasteiger partial charge in [0.25, 0.3) is 11.5 Å². The standard InChI is InChI=1S/C28H31N3O5S/c1-35-20-9-7-18(8-10-20)17-31-22-6-4-3-5-21(22)25-23(28(31)34)24(36-2)26(37-25)27(33)29-19-11-13-30(14-12-19)15-16-32/h3-10,19,32H,11-17H2,1-2H3,(H,29,33).